The van der Waals surface area contributed by atoms with E-state index in [1.165, 1.54) is 0 Å². The minimum Gasteiger partial charge on any atom is -0.378 e. The Kier molecular flexibility index (Phi) is 3.40. The van der Waals surface area contributed by atoms with Gasteiger partial charge in [0.1, 0.15) is 0 Å². The average molecular weight is 236 g/mol. The van der Waals surface area contributed by atoms with Gasteiger partial charge in [-0.25, -0.2) is 0 Å². The summed E-state index contributed by atoms with van der Waals surface area (Å²) >= 11 is 0. The molecule has 0 N–H and O–H groups in total. The van der Waals surface area contributed by atoms with Gasteiger partial charge in [0, 0.05) is 18.2 Å². The van der Waals surface area contributed by atoms with Crippen molar-refractivity contribution < 1.29 is 9.66 Å². The quantitative estimate of drug-likeness (QED) is 0.581. The number of aryl methyl sites for hydroxylation is 1. The molecule has 0 spiro atoms. The summed E-state index contributed by atoms with van der Waals surface area (Å²) in [5.74, 6) is 0. The van der Waals surface area contributed by atoms with E-state index >= 15 is 0 Å². The topological polar surface area (TPSA) is 55.6 Å². The minimum atomic E-state index is -0.331. The van der Waals surface area contributed by atoms with Crippen LogP contribution in [0, 0.1) is 17.0 Å². The maximum atomic E-state index is 10.9. The Morgan fingerprint density at radius 2 is 2.29 bits per heavy atom. The van der Waals surface area contributed by atoms with E-state index in [1.807, 2.05) is 13.1 Å². The summed E-state index contributed by atoms with van der Waals surface area (Å²) in [4.78, 5) is 12.7. The van der Waals surface area contributed by atoms with Crippen LogP contribution in [-0.2, 0) is 4.74 Å². The summed E-state index contributed by atoms with van der Waals surface area (Å²) in [6.45, 7) is 3.92. The third-order valence-corrected chi connectivity index (χ3v) is 3.21. The van der Waals surface area contributed by atoms with Gasteiger partial charge in [-0.2, -0.15) is 0 Å². The van der Waals surface area contributed by atoms with Crippen molar-refractivity contribution in [1.29, 1.82) is 0 Å². The Bertz CT molecular complexity index is 434. The molecule has 17 heavy (non-hydrogen) atoms. The van der Waals surface area contributed by atoms with Crippen molar-refractivity contribution in [2.75, 3.05) is 26.8 Å². The van der Waals surface area contributed by atoms with E-state index in [0.717, 1.165) is 18.7 Å². The first kappa shape index (κ1) is 12.0. The van der Waals surface area contributed by atoms with Gasteiger partial charge in [-0.15, -0.1) is 0 Å². The maximum Gasteiger partial charge on any atom is 0.272 e. The van der Waals surface area contributed by atoms with Crippen molar-refractivity contribution in [3.05, 3.63) is 39.4 Å². The fourth-order valence-electron chi connectivity index (χ4n) is 2.07. The Morgan fingerprint density at radius 1 is 1.53 bits per heavy atom. The van der Waals surface area contributed by atoms with Crippen LogP contribution in [0.2, 0.25) is 0 Å². The van der Waals surface area contributed by atoms with E-state index in [-0.39, 0.29) is 16.7 Å². The molecule has 0 aliphatic carbocycles. The van der Waals surface area contributed by atoms with Crippen molar-refractivity contribution in [1.82, 2.24) is 4.90 Å². The van der Waals surface area contributed by atoms with Crippen LogP contribution in [0.4, 0.5) is 5.69 Å². The second kappa shape index (κ2) is 4.81. The predicted molar refractivity (Wildman–Crippen MR) is 64.0 cm³/mol. The zero-order valence-electron chi connectivity index (χ0n) is 10.0. The lowest BCUT2D eigenvalue weighted by Gasteiger charge is -2.32. The van der Waals surface area contributed by atoms with Crippen LogP contribution in [0.5, 0.6) is 0 Å². The van der Waals surface area contributed by atoms with Gasteiger partial charge in [-0.3, -0.25) is 15.0 Å². The summed E-state index contributed by atoms with van der Waals surface area (Å²) < 4.78 is 5.43. The molecule has 1 atom stereocenters. The number of hydrogen-bond acceptors (Lipinski definition) is 4. The Morgan fingerprint density at radius 3 is 2.94 bits per heavy atom. The van der Waals surface area contributed by atoms with Crippen LogP contribution < -0.4 is 0 Å². The second-order valence-corrected chi connectivity index (χ2v) is 4.37. The predicted octanol–water partition coefficient (Wildman–Crippen LogP) is 1.91. The lowest BCUT2D eigenvalue weighted by atomic mass is 10.0. The highest BCUT2D eigenvalue weighted by molar-refractivity contribution is 5.43. The highest BCUT2D eigenvalue weighted by Crippen LogP contribution is 2.27. The van der Waals surface area contributed by atoms with Crippen LogP contribution in [0.1, 0.15) is 17.2 Å². The largest absolute Gasteiger partial charge is 0.378 e. The first-order valence-electron chi connectivity index (χ1n) is 5.62. The van der Waals surface area contributed by atoms with Crippen LogP contribution in [0.15, 0.2) is 18.2 Å². The summed E-state index contributed by atoms with van der Waals surface area (Å²) in [5.41, 5.74) is 1.82. The van der Waals surface area contributed by atoms with E-state index in [0.29, 0.717) is 12.2 Å². The van der Waals surface area contributed by atoms with Crippen molar-refractivity contribution in [2.24, 2.45) is 0 Å². The molecular weight excluding hydrogens is 220 g/mol. The van der Waals surface area contributed by atoms with Crippen LogP contribution in [-0.4, -0.2) is 36.6 Å². The molecule has 5 nitrogen and oxygen atoms in total. The zero-order valence-corrected chi connectivity index (χ0v) is 10.0. The molecule has 0 radical (unpaired) electrons. The Labute approximate surface area is 100 Å². The Hall–Kier alpha value is -1.46. The number of likely N-dealkylation sites (N-methyl/N-ethyl adjacent to an activating group) is 1. The molecule has 5 heteroatoms. The lowest BCUT2D eigenvalue weighted by molar-refractivity contribution is -0.385. The molecule has 0 amide bonds. The average Bonchev–Trinajstić information content (AvgIpc) is 2.30. The molecule has 0 bridgehead atoms. The van der Waals surface area contributed by atoms with Crippen LogP contribution in [0.25, 0.3) is 0 Å². The van der Waals surface area contributed by atoms with E-state index in [2.05, 4.69) is 4.90 Å². The fraction of sp³-hybridized carbons (Fsp3) is 0.500. The van der Waals surface area contributed by atoms with Crippen molar-refractivity contribution in [2.45, 2.75) is 13.0 Å². The maximum absolute atomic E-state index is 10.9. The summed E-state index contributed by atoms with van der Waals surface area (Å²) in [5, 5.41) is 10.9. The molecule has 0 saturated carbocycles. The van der Waals surface area contributed by atoms with Crippen molar-refractivity contribution >= 4 is 5.69 Å². The number of rotatable bonds is 2. The van der Waals surface area contributed by atoms with Gasteiger partial charge in [-0.1, -0.05) is 12.1 Å². The van der Waals surface area contributed by atoms with Gasteiger partial charge >= 0.3 is 0 Å². The Balaban J connectivity index is 2.32. The molecule has 1 heterocycles. The normalized spacial score (nSPS) is 21.4. The molecule has 1 aromatic carbocycles. The molecule has 0 aromatic heterocycles. The number of nitrogens with zero attached hydrogens (tertiary/aromatic N) is 2. The number of ether oxygens (including phenoxy) is 1. The fourth-order valence-corrected chi connectivity index (χ4v) is 2.07. The SMILES string of the molecule is Cc1ccc(C2COCCN2C)cc1[N+](=O)[O-]. The first-order chi connectivity index (χ1) is 8.09. The molecule has 92 valence electrons. The molecule has 1 saturated heterocycles. The van der Waals surface area contributed by atoms with E-state index < -0.39 is 0 Å². The molecule has 2 rings (SSSR count). The molecule has 1 fully saturated rings. The summed E-state index contributed by atoms with van der Waals surface area (Å²) in [6.07, 6.45) is 0. The van der Waals surface area contributed by atoms with Crippen LogP contribution >= 0.6 is 0 Å². The van der Waals surface area contributed by atoms with E-state index in [4.69, 9.17) is 4.74 Å². The molecular formula is C12H16N2O3. The van der Waals surface area contributed by atoms with Gasteiger partial charge in [0.05, 0.1) is 24.2 Å². The first-order valence-corrected chi connectivity index (χ1v) is 5.62. The van der Waals surface area contributed by atoms with Crippen LogP contribution in [0.3, 0.4) is 0 Å². The van der Waals surface area contributed by atoms with Gasteiger partial charge in [-0.05, 0) is 19.5 Å². The highest BCUT2D eigenvalue weighted by Gasteiger charge is 2.23. The zero-order chi connectivity index (χ0) is 12.4. The molecule has 1 aliphatic rings. The number of benzene rings is 1. The highest BCUT2D eigenvalue weighted by atomic mass is 16.6. The number of nitro groups is 1. The van der Waals surface area contributed by atoms with Gasteiger partial charge in [0.15, 0.2) is 0 Å². The molecule has 1 unspecified atom stereocenters. The minimum absolute atomic E-state index is 0.114. The summed E-state index contributed by atoms with van der Waals surface area (Å²) in [7, 11) is 2.01. The smallest absolute Gasteiger partial charge is 0.272 e. The molecule has 1 aromatic rings. The van der Waals surface area contributed by atoms with E-state index in [1.54, 1.807) is 19.1 Å². The second-order valence-electron chi connectivity index (χ2n) is 4.37. The third-order valence-electron chi connectivity index (χ3n) is 3.21. The van der Waals surface area contributed by atoms with Crippen molar-refractivity contribution in [3.63, 3.8) is 0 Å². The number of nitro benzene ring substituents is 1. The number of hydrogen-bond donors (Lipinski definition) is 0. The molecule has 1 aliphatic heterocycles. The summed E-state index contributed by atoms with van der Waals surface area (Å²) in [6, 6.07) is 5.52. The van der Waals surface area contributed by atoms with Gasteiger partial charge < -0.3 is 4.74 Å². The monoisotopic (exact) mass is 236 g/mol. The van der Waals surface area contributed by atoms with E-state index in [9.17, 15) is 10.1 Å². The standard InChI is InChI=1S/C12H16N2O3/c1-9-3-4-10(7-11(9)14(15)16)12-8-17-6-5-13(12)2/h3-4,7,12H,5-6,8H2,1-2H3. The van der Waals surface area contributed by atoms with Crippen molar-refractivity contribution in [3.8, 4) is 0 Å². The number of morpholine rings is 1. The van der Waals surface area contributed by atoms with Gasteiger partial charge in [0.2, 0.25) is 0 Å². The lowest BCUT2D eigenvalue weighted by Crippen LogP contribution is -2.36. The van der Waals surface area contributed by atoms with Gasteiger partial charge in [0.25, 0.3) is 5.69 Å². The third kappa shape index (κ3) is 2.45.